The summed E-state index contributed by atoms with van der Waals surface area (Å²) in [5.74, 6) is -4.92. The molecule has 0 fully saturated rings. The molecule has 0 aromatic heterocycles. The molecule has 0 saturated heterocycles. The first-order valence-electron chi connectivity index (χ1n) is 12.6. The van der Waals surface area contributed by atoms with Crippen LogP contribution in [0, 0.1) is 0 Å². The van der Waals surface area contributed by atoms with Gasteiger partial charge in [-0.05, 0) is 60.2 Å². The average Bonchev–Trinajstić information content (AvgIpc) is 2.92. The van der Waals surface area contributed by atoms with Gasteiger partial charge in [-0.25, -0.2) is 4.79 Å². The SMILES string of the molecule is CSCCC(NC(=O)C(CC(=O)O)NC(=O)C(Cc1ccc(O)cc1)NC(=O)C(N)Cc1ccc(O)cc1)C(=O)O. The van der Waals surface area contributed by atoms with Crippen molar-refractivity contribution in [2.75, 3.05) is 12.0 Å². The summed E-state index contributed by atoms with van der Waals surface area (Å²) in [5.41, 5.74) is 7.23. The molecule has 0 aliphatic rings. The van der Waals surface area contributed by atoms with Crippen LogP contribution in [0.4, 0.5) is 0 Å². The number of amides is 3. The van der Waals surface area contributed by atoms with Gasteiger partial charge < -0.3 is 42.1 Å². The second-order valence-electron chi connectivity index (χ2n) is 9.25. The van der Waals surface area contributed by atoms with Crippen LogP contribution >= 0.6 is 11.8 Å². The van der Waals surface area contributed by atoms with Gasteiger partial charge in [0.2, 0.25) is 17.7 Å². The maximum atomic E-state index is 13.3. The third kappa shape index (κ3) is 11.4. The Labute approximate surface area is 240 Å². The van der Waals surface area contributed by atoms with Crippen LogP contribution in [0.2, 0.25) is 0 Å². The van der Waals surface area contributed by atoms with Gasteiger partial charge in [0.25, 0.3) is 0 Å². The van der Waals surface area contributed by atoms with Crippen molar-refractivity contribution in [2.45, 2.75) is 49.9 Å². The van der Waals surface area contributed by atoms with Crippen LogP contribution in [0.15, 0.2) is 48.5 Å². The molecule has 4 unspecified atom stereocenters. The van der Waals surface area contributed by atoms with Crippen LogP contribution < -0.4 is 21.7 Å². The maximum Gasteiger partial charge on any atom is 0.326 e. The zero-order valence-electron chi connectivity index (χ0n) is 22.3. The van der Waals surface area contributed by atoms with E-state index in [1.165, 1.54) is 48.2 Å². The smallest absolute Gasteiger partial charge is 0.326 e. The predicted molar refractivity (Wildman–Crippen MR) is 150 cm³/mol. The Kier molecular flexibility index (Phi) is 12.9. The molecule has 222 valence electrons. The average molecular weight is 591 g/mol. The van der Waals surface area contributed by atoms with Crippen LogP contribution in [0.3, 0.4) is 0 Å². The molecule has 0 heterocycles. The molecule has 0 radical (unpaired) electrons. The number of carboxylic acids is 2. The topological polar surface area (TPSA) is 228 Å². The fourth-order valence-corrected chi connectivity index (χ4v) is 4.23. The quantitative estimate of drug-likeness (QED) is 0.129. The van der Waals surface area contributed by atoms with Gasteiger partial charge in [-0.2, -0.15) is 11.8 Å². The highest BCUT2D eigenvalue weighted by Crippen LogP contribution is 2.13. The van der Waals surface area contributed by atoms with Crippen molar-refractivity contribution in [1.82, 2.24) is 16.0 Å². The van der Waals surface area contributed by atoms with Gasteiger partial charge in [0.1, 0.15) is 29.6 Å². The van der Waals surface area contributed by atoms with Crippen molar-refractivity contribution < 1.29 is 44.4 Å². The maximum absolute atomic E-state index is 13.3. The number of benzene rings is 2. The number of aliphatic carboxylic acids is 2. The summed E-state index contributed by atoms with van der Waals surface area (Å²) in [4.78, 5) is 62.1. The second kappa shape index (κ2) is 16.1. The Morgan fingerprint density at radius 1 is 0.732 bits per heavy atom. The van der Waals surface area contributed by atoms with Gasteiger partial charge in [0.15, 0.2) is 0 Å². The first kappa shape index (κ1) is 32.9. The Balaban J connectivity index is 2.23. The summed E-state index contributed by atoms with van der Waals surface area (Å²) in [7, 11) is 0. The number of carbonyl (C=O) groups is 5. The van der Waals surface area contributed by atoms with E-state index in [4.69, 9.17) is 5.73 Å². The number of thioether (sulfide) groups is 1. The van der Waals surface area contributed by atoms with E-state index in [1.807, 2.05) is 0 Å². The minimum absolute atomic E-state index is 0.0256. The number of hydrogen-bond donors (Lipinski definition) is 8. The standard InChI is InChI=1S/C27H34N4O9S/c1-41-11-10-20(27(39)40)29-26(38)22(14-23(34)35)31-25(37)21(13-16-4-8-18(33)9-5-16)30-24(36)19(28)12-15-2-6-17(32)7-3-15/h2-9,19-22,32-33H,10-14,28H2,1H3,(H,29,38)(H,30,36)(H,31,37)(H,34,35)(H,39,40). The first-order valence-corrected chi connectivity index (χ1v) is 13.9. The third-order valence-corrected chi connectivity index (χ3v) is 6.62. The zero-order valence-corrected chi connectivity index (χ0v) is 23.1. The van der Waals surface area contributed by atoms with Gasteiger partial charge in [-0.1, -0.05) is 24.3 Å². The van der Waals surface area contributed by atoms with Crippen molar-refractivity contribution in [3.8, 4) is 11.5 Å². The fourth-order valence-electron chi connectivity index (χ4n) is 3.76. The Hall–Kier alpha value is -4.30. The lowest BCUT2D eigenvalue weighted by atomic mass is 10.0. The number of phenolic OH excluding ortho intramolecular Hbond substituents is 2. The number of nitrogens with two attached hydrogens (primary N) is 1. The number of rotatable bonds is 16. The summed E-state index contributed by atoms with van der Waals surface area (Å²) in [5, 5.41) is 44.9. The number of nitrogens with one attached hydrogen (secondary N) is 3. The number of phenols is 2. The summed E-state index contributed by atoms with van der Waals surface area (Å²) < 4.78 is 0. The number of hydrogen-bond acceptors (Lipinski definition) is 9. The third-order valence-electron chi connectivity index (χ3n) is 5.97. The van der Waals surface area contributed by atoms with Crippen molar-refractivity contribution in [2.24, 2.45) is 5.73 Å². The molecular formula is C27H34N4O9S. The zero-order chi connectivity index (χ0) is 30.5. The van der Waals surface area contributed by atoms with Gasteiger partial charge in [-0.3, -0.25) is 19.2 Å². The first-order chi connectivity index (χ1) is 19.4. The molecule has 2 aromatic carbocycles. The fraction of sp³-hybridized carbons (Fsp3) is 0.370. The molecule has 2 rings (SSSR count). The van der Waals surface area contributed by atoms with Gasteiger partial charge in [0.05, 0.1) is 12.5 Å². The van der Waals surface area contributed by atoms with Gasteiger partial charge in [0, 0.05) is 6.42 Å². The van der Waals surface area contributed by atoms with Gasteiger partial charge in [-0.15, -0.1) is 0 Å². The van der Waals surface area contributed by atoms with Crippen molar-refractivity contribution in [1.29, 1.82) is 0 Å². The molecule has 3 amide bonds. The summed E-state index contributed by atoms with van der Waals surface area (Å²) in [6.45, 7) is 0. The van der Waals surface area contributed by atoms with E-state index in [0.717, 1.165) is 0 Å². The lowest BCUT2D eigenvalue weighted by Crippen LogP contribution is -2.58. The highest BCUT2D eigenvalue weighted by atomic mass is 32.2. The number of aromatic hydroxyl groups is 2. The lowest BCUT2D eigenvalue weighted by Gasteiger charge is -2.25. The lowest BCUT2D eigenvalue weighted by molar-refractivity contribution is -0.143. The van der Waals surface area contributed by atoms with E-state index in [2.05, 4.69) is 16.0 Å². The Bertz CT molecular complexity index is 1210. The van der Waals surface area contributed by atoms with Crippen LogP contribution in [-0.2, 0) is 36.8 Å². The molecule has 0 aliphatic heterocycles. The van der Waals surface area contributed by atoms with E-state index in [-0.39, 0.29) is 30.8 Å². The molecule has 14 heteroatoms. The normalized spacial score (nSPS) is 13.7. The monoisotopic (exact) mass is 590 g/mol. The summed E-state index contributed by atoms with van der Waals surface area (Å²) >= 11 is 1.36. The molecule has 2 aromatic rings. The van der Waals surface area contributed by atoms with Crippen molar-refractivity contribution >= 4 is 41.4 Å². The molecule has 4 atom stereocenters. The van der Waals surface area contributed by atoms with Crippen LogP contribution in [0.25, 0.3) is 0 Å². The van der Waals surface area contributed by atoms with E-state index in [9.17, 15) is 44.4 Å². The molecule has 0 spiro atoms. The minimum atomic E-state index is -1.64. The molecular weight excluding hydrogens is 556 g/mol. The largest absolute Gasteiger partial charge is 0.508 e. The summed E-state index contributed by atoms with van der Waals surface area (Å²) in [6, 6.07) is 6.49. The van der Waals surface area contributed by atoms with Crippen molar-refractivity contribution in [3.63, 3.8) is 0 Å². The van der Waals surface area contributed by atoms with E-state index in [0.29, 0.717) is 16.9 Å². The molecule has 9 N–H and O–H groups in total. The molecule has 13 nitrogen and oxygen atoms in total. The van der Waals surface area contributed by atoms with E-state index in [1.54, 1.807) is 18.4 Å². The van der Waals surface area contributed by atoms with E-state index >= 15 is 0 Å². The molecule has 41 heavy (non-hydrogen) atoms. The molecule has 0 bridgehead atoms. The van der Waals surface area contributed by atoms with E-state index < -0.39 is 60.2 Å². The molecule has 0 aliphatic carbocycles. The minimum Gasteiger partial charge on any atom is -0.508 e. The van der Waals surface area contributed by atoms with Crippen molar-refractivity contribution in [3.05, 3.63) is 59.7 Å². The van der Waals surface area contributed by atoms with Crippen LogP contribution in [0.5, 0.6) is 11.5 Å². The number of carboxylic acid groups (broad SMARTS) is 2. The Morgan fingerprint density at radius 2 is 1.20 bits per heavy atom. The second-order valence-corrected chi connectivity index (χ2v) is 10.2. The summed E-state index contributed by atoms with van der Waals surface area (Å²) in [6.07, 6.45) is 0.974. The van der Waals surface area contributed by atoms with Gasteiger partial charge >= 0.3 is 11.9 Å². The highest BCUT2D eigenvalue weighted by Gasteiger charge is 2.31. The van der Waals surface area contributed by atoms with Crippen LogP contribution in [0.1, 0.15) is 24.0 Å². The molecule has 0 saturated carbocycles. The predicted octanol–water partition coefficient (Wildman–Crippen LogP) is -0.0229. The number of carbonyl (C=O) groups excluding carboxylic acids is 3. The van der Waals surface area contributed by atoms with Crippen LogP contribution in [-0.4, -0.2) is 86.3 Å². The highest BCUT2D eigenvalue weighted by molar-refractivity contribution is 7.98. The Morgan fingerprint density at radius 3 is 1.68 bits per heavy atom.